The molecule has 3 heterocycles. The molecular formula is C21H21N5OS2. The molecule has 148 valence electrons. The van der Waals surface area contributed by atoms with Gasteiger partial charge >= 0.3 is 0 Å². The standard InChI is InChI=1S/C21H21N5OS2/c1-13-23-20-18(15-9-5-6-10-16(15)29-20)19-24-25-21(26(13)19)28-12-17(27)22-11-14-7-3-2-4-8-14/h2-4,7-8H,5-6,9-12H2,1H3,(H,22,27). The predicted octanol–water partition coefficient (Wildman–Crippen LogP) is 3.93. The van der Waals surface area contributed by atoms with Gasteiger partial charge in [0.05, 0.1) is 11.1 Å². The maximum absolute atomic E-state index is 12.3. The second-order valence-corrected chi connectivity index (χ2v) is 9.27. The summed E-state index contributed by atoms with van der Waals surface area (Å²) in [6, 6.07) is 9.91. The molecule has 0 unspecified atom stereocenters. The monoisotopic (exact) mass is 423 g/mol. The number of carbonyl (C=O) groups excluding carboxylic acids is 1. The van der Waals surface area contributed by atoms with Gasteiger partial charge in [0.2, 0.25) is 5.91 Å². The molecular weight excluding hydrogens is 402 g/mol. The molecule has 4 aromatic rings. The van der Waals surface area contributed by atoms with Gasteiger partial charge in [-0.1, -0.05) is 42.1 Å². The molecule has 0 spiro atoms. The maximum atomic E-state index is 12.3. The summed E-state index contributed by atoms with van der Waals surface area (Å²) < 4.78 is 2.00. The van der Waals surface area contributed by atoms with Crippen molar-refractivity contribution in [2.75, 3.05) is 5.75 Å². The highest BCUT2D eigenvalue weighted by Gasteiger charge is 2.22. The van der Waals surface area contributed by atoms with E-state index in [9.17, 15) is 4.79 Å². The third-order valence-electron chi connectivity index (χ3n) is 5.26. The van der Waals surface area contributed by atoms with E-state index in [-0.39, 0.29) is 5.91 Å². The molecule has 8 heteroatoms. The normalized spacial score (nSPS) is 13.7. The number of nitrogens with zero attached hydrogens (tertiary/aromatic N) is 4. The second kappa shape index (κ2) is 7.76. The number of aryl methyl sites for hydroxylation is 3. The first-order valence-corrected chi connectivity index (χ1v) is 11.6. The third-order valence-corrected chi connectivity index (χ3v) is 7.38. The molecule has 0 saturated carbocycles. The number of hydrogen-bond donors (Lipinski definition) is 1. The summed E-state index contributed by atoms with van der Waals surface area (Å²) in [5, 5.41) is 13.7. The highest BCUT2D eigenvalue weighted by Crippen LogP contribution is 2.38. The fourth-order valence-corrected chi connectivity index (χ4v) is 5.96. The summed E-state index contributed by atoms with van der Waals surface area (Å²) in [6.07, 6.45) is 4.70. The Balaban J connectivity index is 1.37. The van der Waals surface area contributed by atoms with Crippen molar-refractivity contribution < 1.29 is 4.79 Å². The zero-order chi connectivity index (χ0) is 19.8. The van der Waals surface area contributed by atoms with Gasteiger partial charge in [0.1, 0.15) is 10.7 Å². The number of amides is 1. The number of carbonyl (C=O) groups is 1. The lowest BCUT2D eigenvalue weighted by molar-refractivity contribution is -0.118. The quantitative estimate of drug-likeness (QED) is 0.493. The minimum Gasteiger partial charge on any atom is -0.351 e. The lowest BCUT2D eigenvalue weighted by Crippen LogP contribution is -2.24. The fraction of sp³-hybridized carbons (Fsp3) is 0.333. The van der Waals surface area contributed by atoms with Gasteiger partial charge in [-0.25, -0.2) is 4.98 Å². The molecule has 0 atom stereocenters. The highest BCUT2D eigenvalue weighted by molar-refractivity contribution is 7.99. The summed E-state index contributed by atoms with van der Waals surface area (Å²) in [4.78, 5) is 19.6. The van der Waals surface area contributed by atoms with Gasteiger partial charge in [-0.3, -0.25) is 9.20 Å². The zero-order valence-electron chi connectivity index (χ0n) is 16.1. The first-order valence-electron chi connectivity index (χ1n) is 9.80. The number of nitrogens with one attached hydrogen (secondary N) is 1. The van der Waals surface area contributed by atoms with Crippen molar-refractivity contribution in [2.45, 2.75) is 44.3 Å². The van der Waals surface area contributed by atoms with Gasteiger partial charge in [-0.05, 0) is 43.7 Å². The van der Waals surface area contributed by atoms with Gasteiger partial charge in [-0.15, -0.1) is 21.5 Å². The number of fused-ring (bicyclic) bond motifs is 5. The number of benzene rings is 1. The van der Waals surface area contributed by atoms with Gasteiger partial charge in [0.15, 0.2) is 10.8 Å². The number of rotatable bonds is 5. The van der Waals surface area contributed by atoms with E-state index in [1.165, 1.54) is 35.0 Å². The Morgan fingerprint density at radius 1 is 1.21 bits per heavy atom. The topological polar surface area (TPSA) is 72.2 Å². The van der Waals surface area contributed by atoms with Crippen LogP contribution in [0.5, 0.6) is 0 Å². The Bertz CT molecular complexity index is 1200. The Kier molecular flexibility index (Phi) is 4.97. The van der Waals surface area contributed by atoms with Crippen LogP contribution >= 0.6 is 23.1 Å². The van der Waals surface area contributed by atoms with Crippen LogP contribution in [0.1, 0.15) is 34.7 Å². The molecule has 1 N–H and O–H groups in total. The van der Waals surface area contributed by atoms with Crippen LogP contribution in [0.4, 0.5) is 0 Å². The van der Waals surface area contributed by atoms with E-state index in [0.29, 0.717) is 12.3 Å². The molecule has 0 radical (unpaired) electrons. The molecule has 5 rings (SSSR count). The lowest BCUT2D eigenvalue weighted by atomic mass is 9.97. The van der Waals surface area contributed by atoms with Crippen molar-refractivity contribution in [1.29, 1.82) is 0 Å². The van der Waals surface area contributed by atoms with Crippen molar-refractivity contribution in [2.24, 2.45) is 0 Å². The maximum Gasteiger partial charge on any atom is 0.230 e. The Labute approximate surface area is 176 Å². The molecule has 0 fully saturated rings. The zero-order valence-corrected chi connectivity index (χ0v) is 17.8. The molecule has 6 nitrogen and oxygen atoms in total. The number of hydrogen-bond acceptors (Lipinski definition) is 6. The van der Waals surface area contributed by atoms with Crippen molar-refractivity contribution in [3.63, 3.8) is 0 Å². The Hall–Kier alpha value is -2.45. The lowest BCUT2D eigenvalue weighted by Gasteiger charge is -2.10. The van der Waals surface area contributed by atoms with E-state index >= 15 is 0 Å². The SMILES string of the molecule is Cc1nc2sc3c(c2c2nnc(SCC(=O)NCc4ccccc4)n12)CCCC3. The van der Waals surface area contributed by atoms with E-state index < -0.39 is 0 Å². The second-order valence-electron chi connectivity index (χ2n) is 7.24. The molecule has 1 aromatic carbocycles. The Morgan fingerprint density at radius 2 is 2.03 bits per heavy atom. The summed E-state index contributed by atoms with van der Waals surface area (Å²) in [6.45, 7) is 2.51. The Morgan fingerprint density at radius 3 is 2.90 bits per heavy atom. The molecule has 29 heavy (non-hydrogen) atoms. The van der Waals surface area contributed by atoms with Crippen LogP contribution in [0.2, 0.25) is 0 Å². The summed E-state index contributed by atoms with van der Waals surface area (Å²) in [7, 11) is 0. The van der Waals surface area contributed by atoms with Crippen molar-refractivity contribution in [3.8, 4) is 0 Å². The number of thioether (sulfide) groups is 1. The smallest absolute Gasteiger partial charge is 0.230 e. The van der Waals surface area contributed by atoms with Crippen LogP contribution in [0.15, 0.2) is 35.5 Å². The molecule has 1 amide bonds. The molecule has 0 saturated heterocycles. The average molecular weight is 424 g/mol. The minimum atomic E-state index is -0.0183. The summed E-state index contributed by atoms with van der Waals surface area (Å²) in [5.74, 6) is 1.14. The van der Waals surface area contributed by atoms with Crippen molar-refractivity contribution in [1.82, 2.24) is 24.9 Å². The van der Waals surface area contributed by atoms with Crippen LogP contribution in [-0.4, -0.2) is 31.2 Å². The van der Waals surface area contributed by atoms with Gasteiger partial charge < -0.3 is 5.32 Å². The van der Waals surface area contributed by atoms with Crippen LogP contribution in [-0.2, 0) is 24.2 Å². The summed E-state index contributed by atoms with van der Waals surface area (Å²) in [5.41, 5.74) is 3.36. The van der Waals surface area contributed by atoms with Gasteiger partial charge in [-0.2, -0.15) is 0 Å². The number of thiophene rings is 1. The van der Waals surface area contributed by atoms with E-state index in [0.717, 1.165) is 45.2 Å². The largest absolute Gasteiger partial charge is 0.351 e. The van der Waals surface area contributed by atoms with Crippen LogP contribution < -0.4 is 5.32 Å². The van der Waals surface area contributed by atoms with Crippen molar-refractivity contribution in [3.05, 3.63) is 52.2 Å². The molecule has 0 bridgehead atoms. The van der Waals surface area contributed by atoms with E-state index in [1.807, 2.05) is 41.7 Å². The van der Waals surface area contributed by atoms with E-state index in [1.54, 1.807) is 11.3 Å². The highest BCUT2D eigenvalue weighted by atomic mass is 32.2. The van der Waals surface area contributed by atoms with E-state index in [2.05, 4.69) is 15.5 Å². The molecule has 1 aliphatic carbocycles. The molecule has 1 aliphatic rings. The van der Waals surface area contributed by atoms with Gasteiger partial charge in [0, 0.05) is 11.4 Å². The minimum absolute atomic E-state index is 0.0183. The predicted molar refractivity (Wildman–Crippen MR) is 117 cm³/mol. The molecule has 3 aromatic heterocycles. The number of aromatic nitrogens is 4. The average Bonchev–Trinajstić information content (AvgIpc) is 3.32. The molecule has 0 aliphatic heterocycles. The fourth-order valence-electron chi connectivity index (χ4n) is 3.85. The summed E-state index contributed by atoms with van der Waals surface area (Å²) >= 11 is 3.20. The van der Waals surface area contributed by atoms with E-state index in [4.69, 9.17) is 4.98 Å². The first-order chi connectivity index (χ1) is 14.2. The first kappa shape index (κ1) is 18.6. The van der Waals surface area contributed by atoms with Crippen molar-refractivity contribution >= 4 is 44.9 Å². The van der Waals surface area contributed by atoms with Crippen LogP contribution in [0.25, 0.3) is 15.9 Å². The van der Waals surface area contributed by atoms with Crippen LogP contribution in [0, 0.1) is 6.92 Å². The third kappa shape index (κ3) is 3.51. The van der Waals surface area contributed by atoms with Crippen LogP contribution in [0.3, 0.4) is 0 Å². The van der Waals surface area contributed by atoms with Gasteiger partial charge in [0.25, 0.3) is 0 Å².